The lowest BCUT2D eigenvalue weighted by Gasteiger charge is -2.07. The van der Waals surface area contributed by atoms with Crippen molar-refractivity contribution in [1.29, 1.82) is 0 Å². The Morgan fingerprint density at radius 3 is 2.25 bits per heavy atom. The van der Waals surface area contributed by atoms with Crippen LogP contribution in [0.5, 0.6) is 0 Å². The smallest absolute Gasteiger partial charge is 0.348 e. The number of hydrogen-bond donors (Lipinski definition) is 1. The zero-order valence-electron chi connectivity index (χ0n) is 13.2. The molecule has 0 fully saturated rings. The second-order valence-corrected chi connectivity index (χ2v) is 6.96. The molecule has 0 aliphatic carbocycles. The molecule has 7 nitrogen and oxygen atoms in total. The van der Waals surface area contributed by atoms with Gasteiger partial charge in [-0.2, -0.15) is 0 Å². The molecule has 2 heterocycles. The molecule has 2 rings (SSSR count). The van der Waals surface area contributed by atoms with Gasteiger partial charge in [0.1, 0.15) is 26.9 Å². The van der Waals surface area contributed by atoms with Gasteiger partial charge in [-0.05, 0) is 19.1 Å². The van der Waals surface area contributed by atoms with Crippen LogP contribution in [0, 0.1) is 6.92 Å². The van der Waals surface area contributed by atoms with Crippen molar-refractivity contribution in [3.05, 3.63) is 37.9 Å². The van der Waals surface area contributed by atoms with Crippen molar-refractivity contribution in [2.45, 2.75) is 13.5 Å². The molecule has 0 saturated heterocycles. The molecule has 24 heavy (non-hydrogen) atoms. The molecule has 0 amide bonds. The second kappa shape index (κ2) is 7.45. The number of nitrogen functional groups attached to an aromatic ring is 1. The summed E-state index contributed by atoms with van der Waals surface area (Å²) >= 11 is 2.17. The maximum Gasteiger partial charge on any atom is 0.348 e. The van der Waals surface area contributed by atoms with Crippen LogP contribution in [0.1, 0.15) is 40.1 Å². The highest BCUT2D eigenvalue weighted by molar-refractivity contribution is 7.18. The molecule has 0 aliphatic rings. The SMILES string of the molecule is COC(=O)c1sc(N)c(C(=O)OC)c1COC(=O)c1ccc(C)s1. The lowest BCUT2D eigenvalue weighted by molar-refractivity contribution is 0.0457. The maximum atomic E-state index is 12.1. The summed E-state index contributed by atoms with van der Waals surface area (Å²) in [6.07, 6.45) is 0. The monoisotopic (exact) mass is 369 g/mol. The normalized spacial score (nSPS) is 10.3. The van der Waals surface area contributed by atoms with Crippen molar-refractivity contribution in [2.24, 2.45) is 0 Å². The summed E-state index contributed by atoms with van der Waals surface area (Å²) < 4.78 is 14.6. The average Bonchev–Trinajstić information content (AvgIpc) is 3.14. The van der Waals surface area contributed by atoms with E-state index in [4.69, 9.17) is 10.5 Å². The number of hydrogen-bond acceptors (Lipinski definition) is 9. The molecular weight excluding hydrogens is 354 g/mol. The summed E-state index contributed by atoms with van der Waals surface area (Å²) in [7, 11) is 2.40. The molecule has 0 bridgehead atoms. The van der Waals surface area contributed by atoms with E-state index in [1.54, 1.807) is 12.1 Å². The first-order chi connectivity index (χ1) is 11.4. The van der Waals surface area contributed by atoms with Crippen molar-refractivity contribution in [3.8, 4) is 0 Å². The van der Waals surface area contributed by atoms with E-state index in [0.29, 0.717) is 4.88 Å². The van der Waals surface area contributed by atoms with Gasteiger partial charge in [0.2, 0.25) is 0 Å². The van der Waals surface area contributed by atoms with Gasteiger partial charge in [-0.1, -0.05) is 0 Å². The number of ether oxygens (including phenoxy) is 3. The van der Waals surface area contributed by atoms with Crippen LogP contribution in [0.3, 0.4) is 0 Å². The highest BCUT2D eigenvalue weighted by Crippen LogP contribution is 2.33. The van der Waals surface area contributed by atoms with E-state index in [-0.39, 0.29) is 27.6 Å². The summed E-state index contributed by atoms with van der Waals surface area (Å²) in [6.45, 7) is 1.57. The first kappa shape index (κ1) is 18.0. The Morgan fingerprint density at radius 2 is 1.71 bits per heavy atom. The largest absolute Gasteiger partial charge is 0.465 e. The van der Waals surface area contributed by atoms with Crippen LogP contribution in [-0.2, 0) is 20.8 Å². The van der Waals surface area contributed by atoms with E-state index < -0.39 is 17.9 Å². The standard InChI is InChI=1S/C15H15NO6S2/c1-7-4-5-9(23-7)13(17)22-6-8-10(14(18)20-2)12(16)24-11(8)15(19)21-3/h4-5H,6,16H2,1-3H3. The molecule has 2 N–H and O–H groups in total. The summed E-state index contributed by atoms with van der Waals surface area (Å²) in [5.74, 6) is -1.93. The minimum absolute atomic E-state index is 0.0121. The number of anilines is 1. The zero-order valence-corrected chi connectivity index (χ0v) is 14.8. The average molecular weight is 369 g/mol. The molecule has 9 heteroatoms. The third-order valence-corrected chi connectivity index (χ3v) is 5.11. The minimum atomic E-state index is -0.711. The van der Waals surface area contributed by atoms with Gasteiger partial charge in [-0.25, -0.2) is 14.4 Å². The van der Waals surface area contributed by atoms with Crippen molar-refractivity contribution in [1.82, 2.24) is 0 Å². The Kier molecular flexibility index (Phi) is 5.58. The number of thiophene rings is 2. The molecule has 0 aromatic carbocycles. The first-order valence-electron chi connectivity index (χ1n) is 6.70. The van der Waals surface area contributed by atoms with E-state index in [0.717, 1.165) is 16.2 Å². The van der Waals surface area contributed by atoms with Gasteiger partial charge in [0.15, 0.2) is 0 Å². The van der Waals surface area contributed by atoms with Crippen molar-refractivity contribution < 1.29 is 28.6 Å². The van der Waals surface area contributed by atoms with Crippen LogP contribution in [-0.4, -0.2) is 32.1 Å². The van der Waals surface area contributed by atoms with Crippen molar-refractivity contribution in [3.63, 3.8) is 0 Å². The fourth-order valence-electron chi connectivity index (χ4n) is 1.96. The van der Waals surface area contributed by atoms with Crippen LogP contribution in [0.2, 0.25) is 0 Å². The van der Waals surface area contributed by atoms with Gasteiger partial charge in [0, 0.05) is 10.4 Å². The van der Waals surface area contributed by atoms with Crippen LogP contribution < -0.4 is 5.73 Å². The number of rotatable bonds is 5. The first-order valence-corrected chi connectivity index (χ1v) is 8.33. The molecule has 0 spiro atoms. The molecule has 2 aromatic heterocycles. The third-order valence-electron chi connectivity index (χ3n) is 3.08. The molecule has 128 valence electrons. The van der Waals surface area contributed by atoms with E-state index in [1.807, 2.05) is 6.92 Å². The van der Waals surface area contributed by atoms with Gasteiger partial charge >= 0.3 is 17.9 Å². The number of esters is 3. The summed E-state index contributed by atoms with van der Waals surface area (Å²) in [6, 6.07) is 3.44. The van der Waals surface area contributed by atoms with Gasteiger partial charge in [0.05, 0.1) is 14.2 Å². The fourth-order valence-corrected chi connectivity index (χ4v) is 3.70. The highest BCUT2D eigenvalue weighted by Gasteiger charge is 2.28. The molecule has 0 unspecified atom stereocenters. The van der Waals surface area contributed by atoms with E-state index in [1.165, 1.54) is 25.6 Å². The zero-order chi connectivity index (χ0) is 17.9. The van der Waals surface area contributed by atoms with Crippen LogP contribution >= 0.6 is 22.7 Å². The number of carbonyl (C=O) groups is 3. The van der Waals surface area contributed by atoms with E-state index in [9.17, 15) is 14.4 Å². The van der Waals surface area contributed by atoms with Gasteiger partial charge in [0.25, 0.3) is 0 Å². The minimum Gasteiger partial charge on any atom is -0.465 e. The molecule has 2 aromatic rings. The third kappa shape index (κ3) is 3.57. The quantitative estimate of drug-likeness (QED) is 0.638. The Hall–Kier alpha value is -2.39. The second-order valence-electron chi connectivity index (χ2n) is 4.62. The lowest BCUT2D eigenvalue weighted by Crippen LogP contribution is -2.12. The molecule has 0 radical (unpaired) electrons. The Balaban J connectivity index is 2.31. The van der Waals surface area contributed by atoms with Gasteiger partial charge in [-0.15, -0.1) is 22.7 Å². The predicted molar refractivity (Wildman–Crippen MR) is 89.6 cm³/mol. The van der Waals surface area contributed by atoms with Crippen molar-refractivity contribution >= 4 is 45.6 Å². The maximum absolute atomic E-state index is 12.1. The van der Waals surface area contributed by atoms with Gasteiger partial charge in [-0.3, -0.25) is 0 Å². The Labute approximate surface area is 145 Å². The number of methoxy groups -OCH3 is 2. The summed E-state index contributed by atoms with van der Waals surface area (Å²) in [5.41, 5.74) is 5.99. The molecule has 0 saturated carbocycles. The van der Waals surface area contributed by atoms with Crippen LogP contribution in [0.4, 0.5) is 5.00 Å². The number of carbonyl (C=O) groups excluding carboxylic acids is 3. The lowest BCUT2D eigenvalue weighted by atomic mass is 10.1. The molecule has 0 atom stereocenters. The number of aryl methyl sites for hydroxylation is 1. The Bertz CT molecular complexity index is 792. The van der Waals surface area contributed by atoms with Crippen LogP contribution in [0.15, 0.2) is 12.1 Å². The summed E-state index contributed by atoms with van der Waals surface area (Å²) in [5, 5.41) is 0.0975. The fraction of sp³-hybridized carbons (Fsp3) is 0.267. The summed E-state index contributed by atoms with van der Waals surface area (Å²) in [4.78, 5) is 37.3. The van der Waals surface area contributed by atoms with E-state index >= 15 is 0 Å². The topological polar surface area (TPSA) is 105 Å². The van der Waals surface area contributed by atoms with E-state index in [2.05, 4.69) is 9.47 Å². The highest BCUT2D eigenvalue weighted by atomic mass is 32.1. The van der Waals surface area contributed by atoms with Crippen LogP contribution in [0.25, 0.3) is 0 Å². The van der Waals surface area contributed by atoms with Crippen molar-refractivity contribution in [2.75, 3.05) is 20.0 Å². The molecule has 0 aliphatic heterocycles. The number of nitrogens with two attached hydrogens (primary N) is 1. The Morgan fingerprint density at radius 1 is 1.04 bits per heavy atom. The predicted octanol–water partition coefficient (Wildman–Crippen LogP) is 2.63. The van der Waals surface area contributed by atoms with Gasteiger partial charge < -0.3 is 19.9 Å². The molecular formula is C15H15NO6S2.